The highest BCUT2D eigenvalue weighted by Crippen LogP contribution is 2.21. The van der Waals surface area contributed by atoms with Crippen molar-refractivity contribution < 1.29 is 34.3 Å². The molecule has 0 saturated carbocycles. The van der Waals surface area contributed by atoms with Gasteiger partial charge >= 0.3 is 11.9 Å². The SMILES string of the molecule is O=C(O)c1ccc(C(=O)OCC(NC(=O)C(Cl)Cl)C(O)c2ccc([N+](=O)[O-])cc2)cc1. The van der Waals surface area contributed by atoms with E-state index in [9.17, 15) is 29.6 Å². The zero-order valence-electron chi connectivity index (χ0n) is 15.6. The molecule has 164 valence electrons. The highest BCUT2D eigenvalue weighted by atomic mass is 35.5. The maximum Gasteiger partial charge on any atom is 0.338 e. The molecule has 0 fully saturated rings. The Labute approximate surface area is 185 Å². The number of carbonyl (C=O) groups excluding carboxylic acids is 2. The molecule has 1 amide bonds. The van der Waals surface area contributed by atoms with E-state index in [0.29, 0.717) is 0 Å². The fourth-order valence-electron chi connectivity index (χ4n) is 2.48. The quantitative estimate of drug-likeness (QED) is 0.218. The summed E-state index contributed by atoms with van der Waals surface area (Å²) in [6.45, 7) is -0.496. The number of ether oxygens (including phenoxy) is 1. The van der Waals surface area contributed by atoms with Crippen LogP contribution in [0.15, 0.2) is 48.5 Å². The second-order valence-electron chi connectivity index (χ2n) is 6.19. The number of benzene rings is 2. The number of esters is 1. The molecule has 0 bridgehead atoms. The van der Waals surface area contributed by atoms with Crippen LogP contribution in [-0.4, -0.2) is 50.5 Å². The van der Waals surface area contributed by atoms with Gasteiger partial charge in [-0.1, -0.05) is 23.2 Å². The number of halogens is 2. The summed E-state index contributed by atoms with van der Waals surface area (Å²) in [7, 11) is 0. The molecule has 0 spiro atoms. The lowest BCUT2D eigenvalue weighted by Gasteiger charge is -2.24. The van der Waals surface area contributed by atoms with Crippen molar-refractivity contribution >= 4 is 46.7 Å². The van der Waals surface area contributed by atoms with E-state index in [4.69, 9.17) is 33.0 Å². The molecule has 12 heteroatoms. The van der Waals surface area contributed by atoms with Gasteiger partial charge in [-0.05, 0) is 42.0 Å². The topological polar surface area (TPSA) is 156 Å². The minimum atomic E-state index is -1.45. The molecule has 0 saturated heterocycles. The number of hydrogen-bond donors (Lipinski definition) is 3. The van der Waals surface area contributed by atoms with E-state index in [1.165, 1.54) is 48.5 Å². The smallest absolute Gasteiger partial charge is 0.338 e. The summed E-state index contributed by atoms with van der Waals surface area (Å²) < 4.78 is 5.12. The largest absolute Gasteiger partial charge is 0.478 e. The van der Waals surface area contributed by atoms with Crippen molar-refractivity contribution in [2.45, 2.75) is 17.0 Å². The summed E-state index contributed by atoms with van der Waals surface area (Å²) in [6.07, 6.45) is -1.42. The number of aromatic carboxylic acids is 1. The van der Waals surface area contributed by atoms with Gasteiger partial charge in [-0.3, -0.25) is 14.9 Å². The summed E-state index contributed by atoms with van der Waals surface area (Å²) in [6, 6.07) is 8.65. The fraction of sp³-hybridized carbons (Fsp3) is 0.211. The van der Waals surface area contributed by atoms with Crippen LogP contribution in [0.5, 0.6) is 0 Å². The predicted octanol–water partition coefficient (Wildman–Crippen LogP) is 2.47. The molecule has 2 rings (SSSR count). The fourth-order valence-corrected chi connectivity index (χ4v) is 2.61. The van der Waals surface area contributed by atoms with Gasteiger partial charge in [-0.25, -0.2) is 9.59 Å². The van der Waals surface area contributed by atoms with E-state index >= 15 is 0 Å². The molecular weight excluding hydrogens is 455 g/mol. The molecule has 2 atom stereocenters. The van der Waals surface area contributed by atoms with Crippen LogP contribution in [0.4, 0.5) is 5.69 Å². The molecule has 0 aliphatic rings. The Kier molecular flexibility index (Phi) is 8.31. The second-order valence-corrected chi connectivity index (χ2v) is 7.29. The number of aliphatic hydroxyl groups is 1. The number of alkyl halides is 2. The van der Waals surface area contributed by atoms with Gasteiger partial charge in [0.05, 0.1) is 22.1 Å². The highest BCUT2D eigenvalue weighted by Gasteiger charge is 2.27. The molecule has 0 radical (unpaired) electrons. The van der Waals surface area contributed by atoms with Crippen molar-refractivity contribution in [2.75, 3.05) is 6.61 Å². The van der Waals surface area contributed by atoms with Crippen molar-refractivity contribution in [3.8, 4) is 0 Å². The van der Waals surface area contributed by atoms with E-state index in [-0.39, 0.29) is 22.4 Å². The Bertz CT molecular complexity index is 964. The van der Waals surface area contributed by atoms with E-state index in [2.05, 4.69) is 5.32 Å². The predicted molar refractivity (Wildman–Crippen MR) is 109 cm³/mol. The number of non-ortho nitro benzene ring substituents is 1. The number of nitrogens with one attached hydrogen (secondary N) is 1. The highest BCUT2D eigenvalue weighted by molar-refractivity contribution is 6.53. The van der Waals surface area contributed by atoms with Crippen LogP contribution >= 0.6 is 23.2 Å². The van der Waals surface area contributed by atoms with Crippen molar-refractivity contribution in [1.82, 2.24) is 5.32 Å². The van der Waals surface area contributed by atoms with Crippen LogP contribution in [0.1, 0.15) is 32.4 Å². The van der Waals surface area contributed by atoms with Crippen LogP contribution in [0.2, 0.25) is 0 Å². The van der Waals surface area contributed by atoms with E-state index < -0.39 is 46.4 Å². The van der Waals surface area contributed by atoms with Gasteiger partial charge in [0.25, 0.3) is 11.6 Å². The van der Waals surface area contributed by atoms with Crippen molar-refractivity contribution in [3.63, 3.8) is 0 Å². The Morgan fingerprint density at radius 2 is 1.58 bits per heavy atom. The monoisotopic (exact) mass is 470 g/mol. The summed E-state index contributed by atoms with van der Waals surface area (Å²) in [4.78, 5) is 43.7. The lowest BCUT2D eigenvalue weighted by atomic mass is 10.0. The van der Waals surface area contributed by atoms with Crippen molar-refractivity contribution in [3.05, 3.63) is 75.3 Å². The third-order valence-corrected chi connectivity index (χ3v) is 4.51. The molecule has 2 aromatic carbocycles. The summed E-state index contributed by atoms with van der Waals surface area (Å²) >= 11 is 11.0. The zero-order valence-corrected chi connectivity index (χ0v) is 17.1. The standard InChI is InChI=1S/C19H16Cl2N2O8/c20-16(21)17(25)22-14(15(24)10-5-7-13(8-6-10)23(29)30)9-31-19(28)12-3-1-11(2-4-12)18(26)27/h1-8,14-16,24H,9H2,(H,22,25)(H,26,27). The molecule has 10 nitrogen and oxygen atoms in total. The van der Waals surface area contributed by atoms with Gasteiger partial charge < -0.3 is 20.3 Å². The molecular formula is C19H16Cl2N2O8. The Hall–Kier alpha value is -3.21. The number of carbonyl (C=O) groups is 3. The average molecular weight is 471 g/mol. The van der Waals surface area contributed by atoms with Gasteiger partial charge in [-0.2, -0.15) is 0 Å². The Balaban J connectivity index is 2.14. The lowest BCUT2D eigenvalue weighted by Crippen LogP contribution is -2.45. The van der Waals surface area contributed by atoms with Crippen LogP contribution < -0.4 is 5.32 Å². The molecule has 0 aliphatic heterocycles. The van der Waals surface area contributed by atoms with E-state index in [1.54, 1.807) is 0 Å². The molecule has 0 heterocycles. The minimum absolute atomic E-state index is 0.0226. The van der Waals surface area contributed by atoms with E-state index in [1.807, 2.05) is 0 Å². The number of nitrogens with zero attached hydrogens (tertiary/aromatic N) is 1. The number of nitro groups is 1. The first-order valence-corrected chi connectivity index (χ1v) is 9.49. The minimum Gasteiger partial charge on any atom is -0.478 e. The van der Waals surface area contributed by atoms with Gasteiger partial charge in [-0.15, -0.1) is 0 Å². The summed E-state index contributed by atoms with van der Waals surface area (Å²) in [5, 5.41) is 32.6. The molecule has 3 N–H and O–H groups in total. The lowest BCUT2D eigenvalue weighted by molar-refractivity contribution is -0.384. The van der Waals surface area contributed by atoms with Crippen molar-refractivity contribution in [1.29, 1.82) is 0 Å². The summed E-state index contributed by atoms with van der Waals surface area (Å²) in [5.74, 6) is -2.85. The van der Waals surface area contributed by atoms with Crippen LogP contribution in [0, 0.1) is 10.1 Å². The van der Waals surface area contributed by atoms with Crippen molar-refractivity contribution in [2.24, 2.45) is 0 Å². The average Bonchev–Trinajstić information content (AvgIpc) is 2.75. The Morgan fingerprint density at radius 3 is 2.06 bits per heavy atom. The van der Waals surface area contributed by atoms with Gasteiger partial charge in [0.1, 0.15) is 12.7 Å². The van der Waals surface area contributed by atoms with Gasteiger partial charge in [0, 0.05) is 12.1 Å². The molecule has 0 aromatic heterocycles. The van der Waals surface area contributed by atoms with E-state index in [0.717, 1.165) is 0 Å². The normalized spacial score (nSPS) is 12.6. The Morgan fingerprint density at radius 1 is 1.03 bits per heavy atom. The first-order chi connectivity index (χ1) is 14.6. The number of aliphatic hydroxyl groups excluding tert-OH is 1. The number of amides is 1. The van der Waals surface area contributed by atoms with Crippen LogP contribution in [0.25, 0.3) is 0 Å². The molecule has 31 heavy (non-hydrogen) atoms. The zero-order chi connectivity index (χ0) is 23.1. The third-order valence-electron chi connectivity index (χ3n) is 4.11. The van der Waals surface area contributed by atoms with Gasteiger partial charge in [0.2, 0.25) is 0 Å². The first-order valence-electron chi connectivity index (χ1n) is 8.61. The molecule has 2 aromatic rings. The third kappa shape index (κ3) is 6.64. The number of carboxylic acid groups (broad SMARTS) is 1. The summed E-state index contributed by atoms with van der Waals surface area (Å²) in [5.41, 5.74) is 0.0332. The number of hydrogen-bond acceptors (Lipinski definition) is 7. The molecule has 0 aliphatic carbocycles. The number of carboxylic acids is 1. The number of rotatable bonds is 9. The second kappa shape index (κ2) is 10.7. The maximum atomic E-state index is 12.2. The number of nitro benzene ring substituents is 1. The van der Waals surface area contributed by atoms with Crippen LogP contribution in [0.3, 0.4) is 0 Å². The van der Waals surface area contributed by atoms with Crippen LogP contribution in [-0.2, 0) is 9.53 Å². The molecule has 2 unspecified atom stereocenters. The maximum absolute atomic E-state index is 12.2. The first kappa shape index (κ1) is 24.1. The van der Waals surface area contributed by atoms with Gasteiger partial charge in [0.15, 0.2) is 4.84 Å².